The lowest BCUT2D eigenvalue weighted by Crippen LogP contribution is -2.22. The summed E-state index contributed by atoms with van der Waals surface area (Å²) in [6.07, 6.45) is 0. The second-order valence-corrected chi connectivity index (χ2v) is 7.02. The number of aliphatic hydroxyl groups is 1. The molecule has 0 aliphatic heterocycles. The van der Waals surface area contributed by atoms with Crippen LogP contribution in [0.1, 0.15) is 23.6 Å². The van der Waals surface area contributed by atoms with Crippen molar-refractivity contribution in [2.75, 3.05) is 0 Å². The monoisotopic (exact) mass is 355 g/mol. The molecule has 0 aliphatic rings. The Morgan fingerprint density at radius 3 is 2.15 bits per heavy atom. The summed E-state index contributed by atoms with van der Waals surface area (Å²) < 4.78 is 0. The topological polar surface area (TPSA) is 53.1 Å². The highest BCUT2D eigenvalue weighted by atomic mass is 16.3. The van der Waals surface area contributed by atoms with Gasteiger partial charge in [0.25, 0.3) is 5.56 Å². The van der Waals surface area contributed by atoms with Gasteiger partial charge in [-0.1, -0.05) is 66.7 Å². The minimum atomic E-state index is -1.13. The Morgan fingerprint density at radius 1 is 0.852 bits per heavy atom. The average molecular weight is 355 g/mol. The van der Waals surface area contributed by atoms with Gasteiger partial charge in [-0.25, -0.2) is 0 Å². The van der Waals surface area contributed by atoms with Gasteiger partial charge in [0.2, 0.25) is 0 Å². The van der Waals surface area contributed by atoms with Crippen LogP contribution in [0.25, 0.3) is 22.0 Å². The van der Waals surface area contributed by atoms with Gasteiger partial charge >= 0.3 is 0 Å². The van der Waals surface area contributed by atoms with E-state index in [2.05, 4.69) is 4.98 Å². The first kappa shape index (κ1) is 17.3. The molecule has 1 unspecified atom stereocenters. The zero-order chi connectivity index (χ0) is 19.0. The molecule has 1 heterocycles. The fraction of sp³-hybridized carbons (Fsp3) is 0.125. The van der Waals surface area contributed by atoms with Crippen LogP contribution in [0.5, 0.6) is 0 Å². The fourth-order valence-electron chi connectivity index (χ4n) is 3.60. The second kappa shape index (κ2) is 6.53. The maximum atomic E-state index is 12.4. The van der Waals surface area contributed by atoms with Crippen LogP contribution in [0.2, 0.25) is 0 Å². The third-order valence-electron chi connectivity index (χ3n) is 5.21. The summed E-state index contributed by atoms with van der Waals surface area (Å²) in [7, 11) is 0. The molecular weight excluding hydrogens is 334 g/mol. The van der Waals surface area contributed by atoms with Crippen molar-refractivity contribution in [2.24, 2.45) is 0 Å². The molecule has 0 radical (unpaired) electrons. The number of aromatic nitrogens is 1. The van der Waals surface area contributed by atoms with E-state index in [9.17, 15) is 9.90 Å². The van der Waals surface area contributed by atoms with E-state index in [0.717, 1.165) is 33.2 Å². The van der Waals surface area contributed by atoms with E-state index in [1.54, 1.807) is 6.92 Å². The molecule has 4 aromatic rings. The number of hydrogen-bond donors (Lipinski definition) is 2. The number of nitrogens with one attached hydrogen (secondary N) is 1. The summed E-state index contributed by atoms with van der Waals surface area (Å²) >= 11 is 0. The van der Waals surface area contributed by atoms with Crippen LogP contribution in [-0.2, 0) is 5.60 Å². The molecule has 0 spiro atoms. The third-order valence-corrected chi connectivity index (χ3v) is 5.21. The van der Waals surface area contributed by atoms with Crippen LogP contribution in [0.4, 0.5) is 0 Å². The molecule has 0 aliphatic carbocycles. The van der Waals surface area contributed by atoms with Gasteiger partial charge in [0.05, 0.1) is 0 Å². The largest absolute Gasteiger partial charge is 0.381 e. The molecule has 1 atom stereocenters. The van der Waals surface area contributed by atoms with Crippen molar-refractivity contribution in [3.63, 3.8) is 0 Å². The molecule has 0 saturated heterocycles. The third kappa shape index (κ3) is 2.96. The Morgan fingerprint density at radius 2 is 1.48 bits per heavy atom. The lowest BCUT2D eigenvalue weighted by atomic mass is 9.86. The van der Waals surface area contributed by atoms with E-state index in [1.807, 2.05) is 85.8 Å². The van der Waals surface area contributed by atoms with E-state index in [-0.39, 0.29) is 5.56 Å². The molecule has 3 nitrogen and oxygen atoms in total. The molecule has 0 fully saturated rings. The number of aromatic amines is 1. The Hall–Kier alpha value is -3.17. The van der Waals surface area contributed by atoms with Crippen molar-refractivity contribution < 1.29 is 5.11 Å². The van der Waals surface area contributed by atoms with Crippen molar-refractivity contribution in [3.8, 4) is 11.1 Å². The summed E-state index contributed by atoms with van der Waals surface area (Å²) in [5.41, 5.74) is 3.71. The first-order chi connectivity index (χ1) is 13.0. The summed E-state index contributed by atoms with van der Waals surface area (Å²) in [4.78, 5) is 15.4. The van der Waals surface area contributed by atoms with Gasteiger partial charge < -0.3 is 10.1 Å². The van der Waals surface area contributed by atoms with E-state index < -0.39 is 5.60 Å². The summed E-state index contributed by atoms with van der Waals surface area (Å²) in [6, 6.07) is 25.2. The van der Waals surface area contributed by atoms with Crippen molar-refractivity contribution in [2.45, 2.75) is 19.4 Å². The quantitative estimate of drug-likeness (QED) is 0.557. The maximum absolute atomic E-state index is 12.4. The van der Waals surface area contributed by atoms with E-state index in [0.29, 0.717) is 5.56 Å². The van der Waals surface area contributed by atoms with E-state index in [1.165, 1.54) is 0 Å². The summed E-state index contributed by atoms with van der Waals surface area (Å²) in [6.45, 7) is 3.63. The van der Waals surface area contributed by atoms with Crippen LogP contribution in [0.3, 0.4) is 0 Å². The Labute approximate surface area is 157 Å². The van der Waals surface area contributed by atoms with Crippen molar-refractivity contribution in [3.05, 3.63) is 106 Å². The van der Waals surface area contributed by atoms with E-state index >= 15 is 0 Å². The Balaban J connectivity index is 2.00. The zero-order valence-electron chi connectivity index (χ0n) is 15.4. The zero-order valence-corrected chi connectivity index (χ0v) is 15.4. The summed E-state index contributed by atoms with van der Waals surface area (Å²) in [5, 5.41) is 12.2. The molecule has 3 heteroatoms. The highest BCUT2D eigenvalue weighted by Crippen LogP contribution is 2.34. The average Bonchev–Trinajstić information content (AvgIpc) is 2.70. The predicted molar refractivity (Wildman–Crippen MR) is 110 cm³/mol. The molecule has 134 valence electrons. The predicted octanol–water partition coefficient (Wildman–Crippen LogP) is 4.76. The smallest absolute Gasteiger partial charge is 0.251 e. The normalized spacial score (nSPS) is 13.4. The SMILES string of the molecule is Cc1c(-c2ccccc2)c2cc(C(C)(O)c3ccccc3)ccc2[nH]c1=O. The molecule has 0 amide bonds. The first-order valence-electron chi connectivity index (χ1n) is 8.99. The molecular formula is C24H21NO2. The lowest BCUT2D eigenvalue weighted by Gasteiger charge is -2.25. The molecule has 27 heavy (non-hydrogen) atoms. The van der Waals surface area contributed by atoms with Crippen molar-refractivity contribution >= 4 is 10.9 Å². The van der Waals surface area contributed by atoms with Crippen LogP contribution in [0.15, 0.2) is 83.7 Å². The molecule has 0 saturated carbocycles. The minimum Gasteiger partial charge on any atom is -0.381 e. The molecule has 0 bridgehead atoms. The number of pyridine rings is 1. The minimum absolute atomic E-state index is 0.0936. The number of rotatable bonds is 3. The standard InChI is InChI=1S/C24H21NO2/c1-16-22(17-9-5-3-6-10-17)20-15-19(13-14-21(20)25-23(16)26)24(2,27)18-11-7-4-8-12-18/h3-15,27H,1-2H3,(H,25,26). The van der Waals surface area contributed by atoms with Gasteiger partial charge in [-0.15, -0.1) is 0 Å². The number of fused-ring (bicyclic) bond motifs is 1. The van der Waals surface area contributed by atoms with Gasteiger partial charge in [-0.2, -0.15) is 0 Å². The van der Waals surface area contributed by atoms with Gasteiger partial charge in [-0.3, -0.25) is 4.79 Å². The molecule has 3 aromatic carbocycles. The highest BCUT2D eigenvalue weighted by Gasteiger charge is 2.26. The van der Waals surface area contributed by atoms with Crippen molar-refractivity contribution in [1.29, 1.82) is 0 Å². The highest BCUT2D eigenvalue weighted by molar-refractivity contribution is 5.96. The van der Waals surface area contributed by atoms with Crippen LogP contribution in [-0.4, -0.2) is 10.1 Å². The van der Waals surface area contributed by atoms with Gasteiger partial charge in [0.1, 0.15) is 5.60 Å². The van der Waals surface area contributed by atoms with Crippen LogP contribution in [0, 0.1) is 6.92 Å². The maximum Gasteiger partial charge on any atom is 0.251 e. The first-order valence-corrected chi connectivity index (χ1v) is 8.99. The van der Waals surface area contributed by atoms with Gasteiger partial charge in [0, 0.05) is 16.5 Å². The molecule has 1 aromatic heterocycles. The second-order valence-electron chi connectivity index (χ2n) is 7.02. The van der Waals surface area contributed by atoms with Crippen LogP contribution >= 0.6 is 0 Å². The van der Waals surface area contributed by atoms with Crippen molar-refractivity contribution in [1.82, 2.24) is 4.98 Å². The number of H-pyrrole nitrogens is 1. The lowest BCUT2D eigenvalue weighted by molar-refractivity contribution is 0.102. The van der Waals surface area contributed by atoms with Gasteiger partial charge in [-0.05, 0) is 48.2 Å². The van der Waals surface area contributed by atoms with E-state index in [4.69, 9.17) is 0 Å². The Kier molecular flexibility index (Phi) is 4.17. The molecule has 4 rings (SSSR count). The van der Waals surface area contributed by atoms with Gasteiger partial charge in [0.15, 0.2) is 0 Å². The number of hydrogen-bond acceptors (Lipinski definition) is 2. The van der Waals surface area contributed by atoms with Crippen LogP contribution < -0.4 is 5.56 Å². The molecule has 2 N–H and O–H groups in total. The summed E-state index contributed by atoms with van der Waals surface area (Å²) in [5.74, 6) is 0. The Bertz CT molecular complexity index is 1160. The number of benzene rings is 3. The fourth-order valence-corrected chi connectivity index (χ4v) is 3.60.